The molecule has 0 spiro atoms. The molecule has 94 valence electrons. The van der Waals surface area contributed by atoms with Crippen LogP contribution in [-0.2, 0) is 0 Å². The number of halogens is 2. The molecule has 1 aromatic carbocycles. The number of carboxylic acid groups (broad SMARTS) is 1. The molecule has 0 saturated carbocycles. The molecule has 2 rings (SSSR count). The van der Waals surface area contributed by atoms with Crippen LogP contribution in [0.5, 0.6) is 0 Å². The maximum absolute atomic E-state index is 10.9. The summed E-state index contributed by atoms with van der Waals surface area (Å²) in [4.78, 5) is 15.5. The number of aromatic carboxylic acids is 1. The Morgan fingerprint density at radius 1 is 1.56 bits per heavy atom. The first-order chi connectivity index (χ1) is 8.47. The molecule has 1 aromatic heterocycles. The first kappa shape index (κ1) is 13.3. The van der Waals surface area contributed by atoms with E-state index in [4.69, 9.17) is 16.7 Å². The number of benzene rings is 1. The molecule has 18 heavy (non-hydrogen) atoms. The summed E-state index contributed by atoms with van der Waals surface area (Å²) in [6, 6.07) is 5.39. The third kappa shape index (κ3) is 2.82. The molecule has 0 amide bonds. The monoisotopic (exact) mass is 346 g/mol. The Morgan fingerprint density at radius 2 is 2.28 bits per heavy atom. The Balaban J connectivity index is 2.29. The molecule has 7 heteroatoms. The SMILES string of the molecule is Cc1sc(Nc2ccc(Br)cc2Cl)nc1C(=O)O. The zero-order valence-corrected chi connectivity index (χ0v) is 12.4. The molecule has 0 saturated heterocycles. The highest BCUT2D eigenvalue weighted by molar-refractivity contribution is 9.10. The lowest BCUT2D eigenvalue weighted by Crippen LogP contribution is -1.99. The summed E-state index contributed by atoms with van der Waals surface area (Å²) in [7, 11) is 0. The standard InChI is InChI=1S/C11H8BrClN2O2S/c1-5-9(10(16)17)15-11(18-5)14-8-3-2-6(12)4-7(8)13/h2-4H,1H3,(H,14,15)(H,16,17). The van der Waals surface area contributed by atoms with Crippen LogP contribution < -0.4 is 5.32 Å². The van der Waals surface area contributed by atoms with Crippen molar-refractivity contribution in [2.45, 2.75) is 6.92 Å². The highest BCUT2D eigenvalue weighted by atomic mass is 79.9. The zero-order chi connectivity index (χ0) is 13.3. The van der Waals surface area contributed by atoms with Crippen LogP contribution in [0.1, 0.15) is 15.4 Å². The number of aromatic nitrogens is 1. The Kier molecular flexibility index (Phi) is 3.89. The van der Waals surface area contributed by atoms with Crippen LogP contribution in [0.3, 0.4) is 0 Å². The smallest absolute Gasteiger partial charge is 0.355 e. The largest absolute Gasteiger partial charge is 0.476 e. The number of carbonyl (C=O) groups is 1. The second kappa shape index (κ2) is 5.26. The average Bonchev–Trinajstić information content (AvgIpc) is 2.64. The van der Waals surface area contributed by atoms with E-state index in [-0.39, 0.29) is 5.69 Å². The number of aryl methyl sites for hydroxylation is 1. The maximum Gasteiger partial charge on any atom is 0.355 e. The van der Waals surface area contributed by atoms with E-state index >= 15 is 0 Å². The minimum absolute atomic E-state index is 0.0655. The second-order valence-corrected chi connectivity index (χ2v) is 6.00. The van der Waals surface area contributed by atoms with Crippen molar-refractivity contribution < 1.29 is 9.90 Å². The molecule has 4 nitrogen and oxygen atoms in total. The van der Waals surface area contributed by atoms with Crippen LogP contribution in [-0.4, -0.2) is 16.1 Å². The van der Waals surface area contributed by atoms with Gasteiger partial charge in [0.1, 0.15) is 0 Å². The van der Waals surface area contributed by atoms with Gasteiger partial charge in [-0.1, -0.05) is 27.5 Å². The van der Waals surface area contributed by atoms with Crippen molar-refractivity contribution in [2.24, 2.45) is 0 Å². The summed E-state index contributed by atoms with van der Waals surface area (Å²) in [6.45, 7) is 1.72. The highest BCUT2D eigenvalue weighted by Gasteiger charge is 2.14. The van der Waals surface area contributed by atoms with E-state index in [2.05, 4.69) is 26.2 Å². The molecule has 2 N–H and O–H groups in total. The topological polar surface area (TPSA) is 62.2 Å². The van der Waals surface area contributed by atoms with E-state index in [1.165, 1.54) is 11.3 Å². The average molecular weight is 348 g/mol. The lowest BCUT2D eigenvalue weighted by molar-refractivity contribution is 0.0690. The molecule has 0 aliphatic heterocycles. The molecular weight excluding hydrogens is 340 g/mol. The van der Waals surface area contributed by atoms with Crippen LogP contribution in [0.25, 0.3) is 0 Å². The predicted octanol–water partition coefficient (Wildman–Crippen LogP) is 4.31. The van der Waals surface area contributed by atoms with Gasteiger partial charge in [-0.2, -0.15) is 0 Å². The van der Waals surface area contributed by atoms with Crippen LogP contribution >= 0.6 is 38.9 Å². The molecule has 0 bridgehead atoms. The molecule has 0 aliphatic rings. The van der Waals surface area contributed by atoms with E-state index in [1.54, 1.807) is 19.1 Å². The fraction of sp³-hybridized carbons (Fsp3) is 0.0909. The molecule has 0 fully saturated rings. The molecule has 1 heterocycles. The fourth-order valence-electron chi connectivity index (χ4n) is 1.35. The number of thiazole rings is 1. The van der Waals surface area contributed by atoms with Gasteiger partial charge in [0.15, 0.2) is 10.8 Å². The fourth-order valence-corrected chi connectivity index (χ4v) is 2.89. The molecule has 0 radical (unpaired) electrons. The van der Waals surface area contributed by atoms with E-state index in [0.717, 1.165) is 4.47 Å². The van der Waals surface area contributed by atoms with Crippen LogP contribution in [0.2, 0.25) is 5.02 Å². The quantitative estimate of drug-likeness (QED) is 0.868. The highest BCUT2D eigenvalue weighted by Crippen LogP contribution is 2.31. The number of rotatable bonds is 3. The van der Waals surface area contributed by atoms with Crippen molar-refractivity contribution >= 4 is 55.7 Å². The van der Waals surface area contributed by atoms with Crippen molar-refractivity contribution in [1.29, 1.82) is 0 Å². The molecule has 0 atom stereocenters. The van der Waals surface area contributed by atoms with Gasteiger partial charge < -0.3 is 10.4 Å². The van der Waals surface area contributed by atoms with Gasteiger partial charge in [-0.3, -0.25) is 0 Å². The van der Waals surface area contributed by atoms with Gasteiger partial charge >= 0.3 is 5.97 Å². The van der Waals surface area contributed by atoms with Gasteiger partial charge in [0.2, 0.25) is 0 Å². The third-order valence-corrected chi connectivity index (χ3v) is 3.86. The van der Waals surface area contributed by atoms with Crippen molar-refractivity contribution in [1.82, 2.24) is 4.98 Å². The Morgan fingerprint density at radius 3 is 2.83 bits per heavy atom. The Labute approximate surface area is 121 Å². The van der Waals surface area contributed by atoms with Crippen LogP contribution in [0.4, 0.5) is 10.8 Å². The minimum Gasteiger partial charge on any atom is -0.476 e. The predicted molar refractivity (Wildman–Crippen MR) is 76.2 cm³/mol. The van der Waals surface area contributed by atoms with Gasteiger partial charge in [0.05, 0.1) is 10.7 Å². The summed E-state index contributed by atoms with van der Waals surface area (Å²) in [5, 5.41) is 13.0. The first-order valence-corrected chi connectivity index (χ1v) is 6.89. The summed E-state index contributed by atoms with van der Waals surface area (Å²) >= 11 is 10.6. The molecule has 0 aliphatic carbocycles. The zero-order valence-electron chi connectivity index (χ0n) is 9.20. The van der Waals surface area contributed by atoms with Crippen molar-refractivity contribution in [3.8, 4) is 0 Å². The van der Waals surface area contributed by atoms with Crippen molar-refractivity contribution in [2.75, 3.05) is 5.32 Å². The van der Waals surface area contributed by atoms with Gasteiger partial charge in [0, 0.05) is 9.35 Å². The summed E-state index contributed by atoms with van der Waals surface area (Å²) in [6.07, 6.45) is 0. The van der Waals surface area contributed by atoms with Gasteiger partial charge in [-0.15, -0.1) is 11.3 Å². The Bertz CT molecular complexity index is 615. The maximum atomic E-state index is 10.9. The number of hydrogen-bond donors (Lipinski definition) is 2. The number of anilines is 2. The third-order valence-electron chi connectivity index (χ3n) is 2.17. The van der Waals surface area contributed by atoms with Gasteiger partial charge in [-0.05, 0) is 25.1 Å². The van der Waals surface area contributed by atoms with E-state index in [1.807, 2.05) is 6.07 Å². The number of nitrogens with one attached hydrogen (secondary N) is 1. The molecular formula is C11H8BrClN2O2S. The van der Waals surface area contributed by atoms with E-state index in [0.29, 0.717) is 20.7 Å². The van der Waals surface area contributed by atoms with Crippen LogP contribution in [0, 0.1) is 6.92 Å². The van der Waals surface area contributed by atoms with Crippen molar-refractivity contribution in [3.63, 3.8) is 0 Å². The number of nitrogens with zero attached hydrogens (tertiary/aromatic N) is 1. The van der Waals surface area contributed by atoms with Crippen LogP contribution in [0.15, 0.2) is 22.7 Å². The molecule has 0 unspecified atom stereocenters. The van der Waals surface area contributed by atoms with Gasteiger partial charge in [0.25, 0.3) is 0 Å². The summed E-state index contributed by atoms with van der Waals surface area (Å²) in [5.74, 6) is -1.03. The van der Waals surface area contributed by atoms with Gasteiger partial charge in [-0.25, -0.2) is 9.78 Å². The lowest BCUT2D eigenvalue weighted by Gasteiger charge is -2.04. The van der Waals surface area contributed by atoms with E-state index < -0.39 is 5.97 Å². The lowest BCUT2D eigenvalue weighted by atomic mass is 10.3. The number of carboxylic acids is 1. The Hall–Kier alpha value is -1.11. The second-order valence-electron chi connectivity index (χ2n) is 3.48. The summed E-state index contributed by atoms with van der Waals surface area (Å²) < 4.78 is 0.875. The normalized spacial score (nSPS) is 10.4. The minimum atomic E-state index is -1.03. The van der Waals surface area contributed by atoms with E-state index in [9.17, 15) is 4.79 Å². The number of hydrogen-bond acceptors (Lipinski definition) is 4. The summed E-state index contributed by atoms with van der Waals surface area (Å²) in [5.41, 5.74) is 0.751. The first-order valence-electron chi connectivity index (χ1n) is 4.90. The molecule has 2 aromatic rings. The van der Waals surface area contributed by atoms with Crippen molar-refractivity contribution in [3.05, 3.63) is 38.3 Å².